The maximum absolute atomic E-state index is 13.1. The minimum atomic E-state index is -0.376. The number of halogens is 1. The average Bonchev–Trinajstić information content (AvgIpc) is 2.94. The number of carbonyl (C=O) groups is 2. The molecule has 2 amide bonds. The van der Waals surface area contributed by atoms with Crippen LogP contribution in [0, 0.1) is 5.82 Å². The highest BCUT2D eigenvalue weighted by Crippen LogP contribution is 2.18. The zero-order valence-corrected chi connectivity index (χ0v) is 17.5. The van der Waals surface area contributed by atoms with Crippen LogP contribution in [-0.2, 0) is 17.8 Å². The van der Waals surface area contributed by atoms with Gasteiger partial charge in [0.1, 0.15) is 18.2 Å². The van der Waals surface area contributed by atoms with Gasteiger partial charge in [0, 0.05) is 31.6 Å². The van der Waals surface area contributed by atoms with Crippen molar-refractivity contribution in [3.8, 4) is 0 Å². The largest absolute Gasteiger partial charge is 0.352 e. The molecule has 6 nitrogen and oxygen atoms in total. The summed E-state index contributed by atoms with van der Waals surface area (Å²) in [6, 6.07) is 13.2. The number of nitrogens with zero attached hydrogens (tertiary/aromatic N) is 3. The van der Waals surface area contributed by atoms with E-state index in [1.165, 1.54) is 37.1 Å². The fourth-order valence-corrected chi connectivity index (χ4v) is 4.04. The molecule has 1 aromatic heterocycles. The van der Waals surface area contributed by atoms with E-state index in [-0.39, 0.29) is 24.2 Å². The second-order valence-corrected chi connectivity index (χ2v) is 7.91. The maximum Gasteiger partial charge on any atom is 0.251 e. The Hall–Kier alpha value is -3.22. The zero-order chi connectivity index (χ0) is 21.6. The number of imidazole rings is 1. The van der Waals surface area contributed by atoms with Gasteiger partial charge >= 0.3 is 0 Å². The van der Waals surface area contributed by atoms with Crippen molar-refractivity contribution in [2.24, 2.45) is 0 Å². The summed E-state index contributed by atoms with van der Waals surface area (Å²) in [6.45, 7) is 2.25. The molecule has 0 atom stereocenters. The standard InChI is InChI=1S/C24H27FN4O2/c25-19-11-9-18(10-12-19)24(31)26-14-13-22-27-20-7-3-4-8-21(20)29(22)17-23(30)28-15-5-1-2-6-16-28/h3-4,7-12H,1-2,5-6,13-17H2,(H,26,31). The molecule has 0 unspecified atom stereocenters. The molecule has 162 valence electrons. The lowest BCUT2D eigenvalue weighted by atomic mass is 10.2. The van der Waals surface area contributed by atoms with Crippen molar-refractivity contribution in [2.45, 2.75) is 38.6 Å². The summed E-state index contributed by atoms with van der Waals surface area (Å²) < 4.78 is 15.0. The van der Waals surface area contributed by atoms with Crippen LogP contribution in [0.2, 0.25) is 0 Å². The Labute approximate surface area is 181 Å². The summed E-state index contributed by atoms with van der Waals surface area (Å²) in [5.41, 5.74) is 2.17. The summed E-state index contributed by atoms with van der Waals surface area (Å²) in [4.78, 5) is 31.9. The monoisotopic (exact) mass is 422 g/mol. The molecular weight excluding hydrogens is 395 g/mol. The van der Waals surface area contributed by atoms with Gasteiger partial charge in [0.15, 0.2) is 0 Å². The number of carbonyl (C=O) groups excluding carboxylic acids is 2. The Kier molecular flexibility index (Phi) is 6.60. The summed E-state index contributed by atoms with van der Waals surface area (Å²) >= 11 is 0. The predicted octanol–water partition coefficient (Wildman–Crippen LogP) is 3.55. The van der Waals surface area contributed by atoms with Crippen molar-refractivity contribution in [1.29, 1.82) is 0 Å². The van der Waals surface area contributed by atoms with Gasteiger partial charge in [0.05, 0.1) is 11.0 Å². The second-order valence-electron chi connectivity index (χ2n) is 7.91. The molecule has 1 fully saturated rings. The van der Waals surface area contributed by atoms with Gasteiger partial charge in [0.2, 0.25) is 5.91 Å². The van der Waals surface area contributed by atoms with Crippen molar-refractivity contribution in [2.75, 3.05) is 19.6 Å². The van der Waals surface area contributed by atoms with E-state index in [0.717, 1.165) is 42.8 Å². The highest BCUT2D eigenvalue weighted by molar-refractivity contribution is 5.94. The summed E-state index contributed by atoms with van der Waals surface area (Å²) in [5.74, 6) is 0.244. The molecule has 4 rings (SSSR count). The number of aromatic nitrogens is 2. The first-order chi connectivity index (χ1) is 15.1. The van der Waals surface area contributed by atoms with Crippen molar-refractivity contribution < 1.29 is 14.0 Å². The number of hydrogen-bond donors (Lipinski definition) is 1. The molecule has 0 spiro atoms. The second kappa shape index (κ2) is 9.73. The van der Waals surface area contributed by atoms with Crippen molar-refractivity contribution in [3.63, 3.8) is 0 Å². The van der Waals surface area contributed by atoms with E-state index in [0.29, 0.717) is 18.5 Å². The Morgan fingerprint density at radius 3 is 2.42 bits per heavy atom. The van der Waals surface area contributed by atoms with E-state index in [2.05, 4.69) is 5.32 Å². The highest BCUT2D eigenvalue weighted by Gasteiger charge is 2.19. The van der Waals surface area contributed by atoms with Gasteiger partial charge in [-0.2, -0.15) is 0 Å². The fraction of sp³-hybridized carbons (Fsp3) is 0.375. The molecule has 0 bridgehead atoms. The van der Waals surface area contributed by atoms with Crippen LogP contribution in [0.5, 0.6) is 0 Å². The molecule has 0 saturated carbocycles. The number of nitrogens with one attached hydrogen (secondary N) is 1. The quantitative estimate of drug-likeness (QED) is 0.661. The molecule has 1 aliphatic rings. The van der Waals surface area contributed by atoms with Crippen LogP contribution in [0.3, 0.4) is 0 Å². The number of likely N-dealkylation sites (tertiary alicyclic amines) is 1. The van der Waals surface area contributed by atoms with Gasteiger partial charge in [-0.05, 0) is 49.2 Å². The molecule has 31 heavy (non-hydrogen) atoms. The molecule has 2 aromatic carbocycles. The first-order valence-electron chi connectivity index (χ1n) is 10.9. The van der Waals surface area contributed by atoms with Crippen LogP contribution in [0.1, 0.15) is 41.9 Å². The van der Waals surface area contributed by atoms with E-state index in [1.807, 2.05) is 33.7 Å². The van der Waals surface area contributed by atoms with E-state index >= 15 is 0 Å². The van der Waals surface area contributed by atoms with Crippen LogP contribution in [0.25, 0.3) is 11.0 Å². The van der Waals surface area contributed by atoms with Gasteiger partial charge in [-0.3, -0.25) is 9.59 Å². The molecular formula is C24H27FN4O2. The number of fused-ring (bicyclic) bond motifs is 1. The van der Waals surface area contributed by atoms with E-state index in [9.17, 15) is 14.0 Å². The lowest BCUT2D eigenvalue weighted by Crippen LogP contribution is -2.35. The number of hydrogen-bond acceptors (Lipinski definition) is 3. The Bertz CT molecular complexity index is 1050. The number of para-hydroxylation sites is 2. The van der Waals surface area contributed by atoms with E-state index < -0.39 is 0 Å². The van der Waals surface area contributed by atoms with Crippen LogP contribution < -0.4 is 5.32 Å². The Morgan fingerprint density at radius 2 is 1.68 bits per heavy atom. The third kappa shape index (κ3) is 5.10. The SMILES string of the molecule is O=C(NCCc1nc2ccccc2n1CC(=O)N1CCCCCC1)c1ccc(F)cc1. The van der Waals surface area contributed by atoms with Crippen molar-refractivity contribution in [3.05, 3.63) is 65.7 Å². The summed E-state index contributed by atoms with van der Waals surface area (Å²) in [5, 5.41) is 2.85. The van der Waals surface area contributed by atoms with Gasteiger partial charge in [-0.15, -0.1) is 0 Å². The molecule has 1 saturated heterocycles. The smallest absolute Gasteiger partial charge is 0.251 e. The lowest BCUT2D eigenvalue weighted by molar-refractivity contribution is -0.131. The molecule has 2 heterocycles. The molecule has 0 radical (unpaired) electrons. The Balaban J connectivity index is 1.46. The molecule has 0 aliphatic carbocycles. The fourth-order valence-electron chi connectivity index (χ4n) is 4.04. The average molecular weight is 423 g/mol. The third-order valence-corrected chi connectivity index (χ3v) is 5.73. The van der Waals surface area contributed by atoms with Crippen LogP contribution >= 0.6 is 0 Å². The first-order valence-corrected chi connectivity index (χ1v) is 10.9. The summed E-state index contributed by atoms with van der Waals surface area (Å²) in [7, 11) is 0. The predicted molar refractivity (Wildman–Crippen MR) is 117 cm³/mol. The highest BCUT2D eigenvalue weighted by atomic mass is 19.1. The van der Waals surface area contributed by atoms with Crippen molar-refractivity contribution in [1.82, 2.24) is 19.8 Å². The van der Waals surface area contributed by atoms with Gasteiger partial charge < -0.3 is 14.8 Å². The summed E-state index contributed by atoms with van der Waals surface area (Å²) in [6.07, 6.45) is 4.96. The van der Waals surface area contributed by atoms with Gasteiger partial charge in [-0.25, -0.2) is 9.37 Å². The number of amides is 2. The van der Waals surface area contributed by atoms with Gasteiger partial charge in [-0.1, -0.05) is 25.0 Å². The van der Waals surface area contributed by atoms with Crippen molar-refractivity contribution >= 4 is 22.8 Å². The third-order valence-electron chi connectivity index (χ3n) is 5.73. The molecule has 7 heteroatoms. The van der Waals surface area contributed by atoms with Crippen LogP contribution in [0.15, 0.2) is 48.5 Å². The minimum absolute atomic E-state index is 0.113. The minimum Gasteiger partial charge on any atom is -0.352 e. The normalized spacial score (nSPS) is 14.4. The molecule has 3 aromatic rings. The zero-order valence-electron chi connectivity index (χ0n) is 17.5. The first kappa shape index (κ1) is 21.0. The number of benzene rings is 2. The van der Waals surface area contributed by atoms with Crippen LogP contribution in [0.4, 0.5) is 4.39 Å². The van der Waals surface area contributed by atoms with E-state index in [1.54, 1.807) is 0 Å². The Morgan fingerprint density at radius 1 is 0.968 bits per heavy atom. The molecule has 1 N–H and O–H groups in total. The maximum atomic E-state index is 13.1. The van der Waals surface area contributed by atoms with Crippen LogP contribution in [-0.4, -0.2) is 45.9 Å². The van der Waals surface area contributed by atoms with E-state index in [4.69, 9.17) is 4.98 Å². The number of rotatable bonds is 6. The topological polar surface area (TPSA) is 67.2 Å². The lowest BCUT2D eigenvalue weighted by Gasteiger charge is -2.21. The molecule has 1 aliphatic heterocycles. The van der Waals surface area contributed by atoms with Gasteiger partial charge in [0.25, 0.3) is 5.91 Å².